The molecule has 0 aliphatic carbocycles. The van der Waals surface area contributed by atoms with E-state index < -0.39 is 11.6 Å². The van der Waals surface area contributed by atoms with Gasteiger partial charge in [-0.3, -0.25) is 0 Å². The molecule has 0 aromatic heterocycles. The van der Waals surface area contributed by atoms with Gasteiger partial charge >= 0.3 is 5.97 Å². The zero-order valence-corrected chi connectivity index (χ0v) is 13.2. The van der Waals surface area contributed by atoms with E-state index >= 15 is 0 Å². The molecule has 0 bridgehead atoms. The van der Waals surface area contributed by atoms with Crippen LogP contribution >= 0.6 is 0 Å². The maximum absolute atomic E-state index is 11.8. The van der Waals surface area contributed by atoms with Crippen LogP contribution in [0.1, 0.15) is 37.5 Å². The summed E-state index contributed by atoms with van der Waals surface area (Å²) < 4.78 is 0. The van der Waals surface area contributed by atoms with Gasteiger partial charge in [-0.25, -0.2) is 4.79 Å². The first-order valence-electron chi connectivity index (χ1n) is 7.34. The Labute approximate surface area is 131 Å². The van der Waals surface area contributed by atoms with Gasteiger partial charge in [-0.05, 0) is 28.5 Å². The number of carboxylic acid groups (broad SMARTS) is 1. The molecule has 2 aromatic rings. The molecule has 0 radical (unpaired) electrons. The maximum atomic E-state index is 11.8. The lowest BCUT2D eigenvalue weighted by Crippen LogP contribution is -2.36. The summed E-state index contributed by atoms with van der Waals surface area (Å²) in [5.74, 6) is -1.27. The van der Waals surface area contributed by atoms with Gasteiger partial charge in [-0.1, -0.05) is 75.4 Å². The second kappa shape index (κ2) is 5.93. The van der Waals surface area contributed by atoms with E-state index in [1.165, 1.54) is 0 Å². The predicted molar refractivity (Wildman–Crippen MR) is 86.7 cm³/mol. The van der Waals surface area contributed by atoms with Crippen molar-refractivity contribution in [3.05, 3.63) is 71.3 Å². The first-order valence-corrected chi connectivity index (χ1v) is 7.34. The molecular formula is C19H22O3. The Balaban J connectivity index is 2.51. The second-order valence-corrected chi connectivity index (χ2v) is 6.82. The van der Waals surface area contributed by atoms with Gasteiger partial charge in [0.1, 0.15) is 0 Å². The van der Waals surface area contributed by atoms with Crippen LogP contribution in [0, 0.1) is 5.41 Å². The van der Waals surface area contributed by atoms with E-state index in [-0.39, 0.29) is 5.41 Å². The fourth-order valence-corrected chi connectivity index (χ4v) is 2.61. The molecule has 2 N–H and O–H groups in total. The Hall–Kier alpha value is -2.13. The van der Waals surface area contributed by atoms with Gasteiger partial charge in [0.15, 0.2) is 0 Å². The summed E-state index contributed by atoms with van der Waals surface area (Å²) in [5, 5.41) is 20.5. The van der Waals surface area contributed by atoms with Crippen molar-refractivity contribution >= 4 is 5.97 Å². The highest BCUT2D eigenvalue weighted by molar-refractivity contribution is 5.83. The smallest absolute Gasteiger partial charge is 0.345 e. The minimum Gasteiger partial charge on any atom is -0.479 e. The summed E-state index contributed by atoms with van der Waals surface area (Å²) in [4.78, 5) is 11.8. The molecule has 0 amide bonds. The molecule has 2 rings (SSSR count). The monoisotopic (exact) mass is 298 g/mol. The lowest BCUT2D eigenvalue weighted by Gasteiger charge is -2.26. The van der Waals surface area contributed by atoms with Crippen LogP contribution in [0.3, 0.4) is 0 Å². The van der Waals surface area contributed by atoms with Crippen LogP contribution in [-0.4, -0.2) is 16.2 Å². The predicted octanol–water partition coefficient (Wildman–Crippen LogP) is 3.60. The van der Waals surface area contributed by atoms with Crippen molar-refractivity contribution in [2.75, 3.05) is 0 Å². The quantitative estimate of drug-likeness (QED) is 0.907. The number of carboxylic acids is 1. The fourth-order valence-electron chi connectivity index (χ4n) is 2.61. The number of benzene rings is 2. The molecule has 3 heteroatoms. The van der Waals surface area contributed by atoms with E-state index in [2.05, 4.69) is 20.8 Å². The number of hydrogen-bond acceptors (Lipinski definition) is 2. The molecule has 116 valence electrons. The Morgan fingerprint density at radius 3 is 2.09 bits per heavy atom. The van der Waals surface area contributed by atoms with Crippen LogP contribution in [-0.2, 0) is 16.8 Å². The molecular weight excluding hydrogens is 276 g/mol. The first kappa shape index (κ1) is 16.2. The van der Waals surface area contributed by atoms with Crippen LogP contribution in [0.2, 0.25) is 0 Å². The number of carbonyl (C=O) groups is 1. The molecule has 0 aliphatic rings. The van der Waals surface area contributed by atoms with Crippen molar-refractivity contribution in [2.45, 2.75) is 32.8 Å². The topological polar surface area (TPSA) is 57.5 Å². The summed E-state index contributed by atoms with van der Waals surface area (Å²) in [7, 11) is 0. The van der Waals surface area contributed by atoms with E-state index in [0.717, 1.165) is 12.0 Å². The average Bonchev–Trinajstić information content (AvgIpc) is 2.45. The summed E-state index contributed by atoms with van der Waals surface area (Å²) >= 11 is 0. The highest BCUT2D eigenvalue weighted by Crippen LogP contribution is 2.31. The van der Waals surface area contributed by atoms with Crippen molar-refractivity contribution in [3.8, 4) is 0 Å². The van der Waals surface area contributed by atoms with Crippen molar-refractivity contribution < 1.29 is 15.0 Å². The van der Waals surface area contributed by atoms with Crippen molar-refractivity contribution in [1.82, 2.24) is 0 Å². The van der Waals surface area contributed by atoms with Gasteiger partial charge in [0.25, 0.3) is 0 Å². The Morgan fingerprint density at radius 1 is 0.955 bits per heavy atom. The second-order valence-electron chi connectivity index (χ2n) is 6.82. The molecule has 1 unspecified atom stereocenters. The van der Waals surface area contributed by atoms with Crippen LogP contribution < -0.4 is 0 Å². The molecule has 2 aromatic carbocycles. The molecule has 0 fully saturated rings. The van der Waals surface area contributed by atoms with E-state index in [1.807, 2.05) is 6.07 Å². The largest absolute Gasteiger partial charge is 0.479 e. The highest BCUT2D eigenvalue weighted by Gasteiger charge is 2.40. The van der Waals surface area contributed by atoms with Crippen LogP contribution in [0.5, 0.6) is 0 Å². The van der Waals surface area contributed by atoms with Crippen LogP contribution in [0.15, 0.2) is 54.6 Å². The molecule has 1 atom stereocenters. The van der Waals surface area contributed by atoms with Gasteiger partial charge in [-0.15, -0.1) is 0 Å². The summed E-state index contributed by atoms with van der Waals surface area (Å²) in [6, 6.07) is 15.7. The number of hydrogen-bond donors (Lipinski definition) is 2. The third-order valence-electron chi connectivity index (χ3n) is 3.58. The van der Waals surface area contributed by atoms with Crippen LogP contribution in [0.25, 0.3) is 0 Å². The van der Waals surface area contributed by atoms with E-state index in [9.17, 15) is 15.0 Å². The number of aliphatic carboxylic acids is 1. The zero-order chi connectivity index (χ0) is 16.4. The molecule has 3 nitrogen and oxygen atoms in total. The SMILES string of the molecule is CC(C)(C)Cc1cccc(C(O)(C(=O)O)c2ccccc2)c1. The van der Waals surface area contributed by atoms with Crippen molar-refractivity contribution in [2.24, 2.45) is 5.41 Å². The Morgan fingerprint density at radius 2 is 1.55 bits per heavy atom. The lowest BCUT2D eigenvalue weighted by atomic mass is 9.83. The summed E-state index contributed by atoms with van der Waals surface area (Å²) in [5.41, 5.74) is -0.189. The molecule has 0 saturated carbocycles. The minimum absolute atomic E-state index is 0.0900. The summed E-state index contributed by atoms with van der Waals surface area (Å²) in [6.45, 7) is 6.38. The first-order chi connectivity index (χ1) is 10.2. The van der Waals surface area contributed by atoms with E-state index in [4.69, 9.17) is 0 Å². The maximum Gasteiger partial charge on any atom is 0.345 e. The van der Waals surface area contributed by atoms with Gasteiger partial charge < -0.3 is 10.2 Å². The molecule has 0 saturated heterocycles. The lowest BCUT2D eigenvalue weighted by molar-refractivity contribution is -0.155. The van der Waals surface area contributed by atoms with E-state index in [0.29, 0.717) is 11.1 Å². The standard InChI is InChI=1S/C19H22O3/c1-18(2,3)13-14-8-7-11-16(12-14)19(22,17(20)21)15-9-5-4-6-10-15/h4-12,22H,13H2,1-3H3,(H,20,21). The molecule has 0 aliphatic heterocycles. The fraction of sp³-hybridized carbons (Fsp3) is 0.316. The molecule has 22 heavy (non-hydrogen) atoms. The Bertz CT molecular complexity index is 656. The zero-order valence-electron chi connectivity index (χ0n) is 13.2. The highest BCUT2D eigenvalue weighted by atomic mass is 16.4. The van der Waals surface area contributed by atoms with E-state index in [1.54, 1.807) is 48.5 Å². The molecule has 0 heterocycles. The van der Waals surface area contributed by atoms with Crippen molar-refractivity contribution in [1.29, 1.82) is 0 Å². The minimum atomic E-state index is -2.03. The van der Waals surface area contributed by atoms with Gasteiger partial charge in [0.2, 0.25) is 5.60 Å². The van der Waals surface area contributed by atoms with Crippen LogP contribution in [0.4, 0.5) is 0 Å². The van der Waals surface area contributed by atoms with Gasteiger partial charge in [0.05, 0.1) is 0 Å². The average molecular weight is 298 g/mol. The van der Waals surface area contributed by atoms with Crippen molar-refractivity contribution in [3.63, 3.8) is 0 Å². The normalized spacial score (nSPS) is 14.4. The third-order valence-corrected chi connectivity index (χ3v) is 3.58. The number of rotatable bonds is 4. The van der Waals surface area contributed by atoms with Gasteiger partial charge in [-0.2, -0.15) is 0 Å². The summed E-state index contributed by atoms with van der Waals surface area (Å²) in [6.07, 6.45) is 0.811. The third kappa shape index (κ3) is 3.37. The number of aliphatic hydroxyl groups is 1. The Kier molecular flexibility index (Phi) is 4.38. The molecule has 0 spiro atoms. The van der Waals surface area contributed by atoms with Gasteiger partial charge in [0, 0.05) is 0 Å².